The maximum absolute atomic E-state index is 14.2. The Hall–Kier alpha value is -3.43. The van der Waals surface area contributed by atoms with Crippen LogP contribution in [0.25, 0.3) is 11.5 Å². The molecule has 5 aliphatic rings. The van der Waals surface area contributed by atoms with Gasteiger partial charge in [-0.3, -0.25) is 14.4 Å². The lowest BCUT2D eigenvalue weighted by Crippen LogP contribution is -2.65. The van der Waals surface area contributed by atoms with Crippen LogP contribution in [0.5, 0.6) is 0 Å². The minimum absolute atomic E-state index is 0.00639. The Kier molecular flexibility index (Phi) is 9.21. The van der Waals surface area contributed by atoms with Crippen molar-refractivity contribution in [2.75, 3.05) is 0 Å². The van der Waals surface area contributed by atoms with Crippen LogP contribution in [0.15, 0.2) is 29.5 Å². The average Bonchev–Trinajstić information content (AvgIpc) is 3.58. The fourth-order valence-corrected chi connectivity index (χ4v) is 13.3. The molecule has 8 atom stereocenters. The second-order valence-electron chi connectivity index (χ2n) is 20.2. The van der Waals surface area contributed by atoms with E-state index in [-0.39, 0.29) is 51.3 Å². The summed E-state index contributed by atoms with van der Waals surface area (Å²) < 4.78 is 21.8. The van der Waals surface area contributed by atoms with Gasteiger partial charge in [0.15, 0.2) is 11.6 Å². The number of hydrogen-bond donors (Lipinski definition) is 1. The van der Waals surface area contributed by atoms with Gasteiger partial charge in [-0.2, -0.15) is 0 Å². The van der Waals surface area contributed by atoms with E-state index < -0.39 is 23.2 Å². The molecule has 4 saturated carbocycles. The molecule has 7 rings (SSSR count). The van der Waals surface area contributed by atoms with E-state index in [0.29, 0.717) is 42.1 Å². The normalized spacial score (nSPS) is 36.0. The molecule has 5 aliphatic carbocycles. The van der Waals surface area contributed by atoms with Gasteiger partial charge in [-0.1, -0.05) is 54.0 Å². The number of ether oxygens (including phenoxy) is 1. The topological polar surface area (TPSA) is 124 Å². The fourth-order valence-electron chi connectivity index (χ4n) is 13.3. The number of nitrogens with zero attached hydrogens (tertiary/aromatic N) is 4. The molecule has 9 nitrogen and oxygen atoms in total. The molecule has 54 heavy (non-hydrogen) atoms. The number of pyridine rings is 1. The minimum atomic E-state index is -1.17. The molecular formula is C44H61FN4O5. The SMILES string of the molecule is CC(C)C1=C2[C@H]3CC[C@@H]4[C@@]5(C)CC[C@H](OC(=O)CC(C)(C)C(=O)O)C(C)(C)[C@@H]5CC[C@@]4(C)[C@]3(C)CC[C@@]2(Cc2nnc(-c3ccc(F)cn3)n2C)CC1=O. The summed E-state index contributed by atoms with van der Waals surface area (Å²) in [6, 6.07) is 3.02. The Labute approximate surface area is 320 Å². The summed E-state index contributed by atoms with van der Waals surface area (Å²) in [4.78, 5) is 43.3. The third kappa shape index (κ3) is 5.64. The molecule has 294 valence electrons. The number of carboxylic acid groups (broad SMARTS) is 1. The summed E-state index contributed by atoms with van der Waals surface area (Å²) in [6.45, 7) is 19.7. The standard InChI is InChI=1S/C44H61FN4O5/c1-25(2)35-29(50)21-44(22-33-47-48-37(49(33)10)28-13-11-26(45)24-46-28)20-19-42(8)27(36(35)44)12-14-31-41(7)17-16-32(54-34(51)23-39(3,4)38(52)53)40(5,6)30(41)15-18-43(31,42)9/h11,13,24-25,27,30-32H,12,14-23H2,1-10H3,(H,52,53)/t27-,30+,31-,32+,41+,42-,43-,44+/m1/s1. The number of aliphatic carboxylic acids is 1. The van der Waals surface area contributed by atoms with Gasteiger partial charge >= 0.3 is 11.9 Å². The molecule has 0 amide bonds. The Morgan fingerprint density at radius 3 is 2.35 bits per heavy atom. The summed E-state index contributed by atoms with van der Waals surface area (Å²) in [6.07, 6.45) is 9.96. The zero-order valence-electron chi connectivity index (χ0n) is 34.1. The second-order valence-corrected chi connectivity index (χ2v) is 20.2. The number of rotatable bonds is 8. The number of allylic oxidation sites excluding steroid dienone is 2. The van der Waals surface area contributed by atoms with Gasteiger partial charge < -0.3 is 14.4 Å². The number of ketones is 1. The van der Waals surface area contributed by atoms with Gasteiger partial charge in [-0.05, 0) is 123 Å². The van der Waals surface area contributed by atoms with Crippen molar-refractivity contribution in [2.45, 2.75) is 139 Å². The van der Waals surface area contributed by atoms with Crippen LogP contribution in [0.1, 0.15) is 132 Å². The zero-order chi connectivity index (χ0) is 39.4. The quantitative estimate of drug-likeness (QED) is 0.266. The van der Waals surface area contributed by atoms with Crippen LogP contribution in [0.2, 0.25) is 0 Å². The number of carbonyl (C=O) groups is 3. The molecule has 0 spiro atoms. The van der Waals surface area contributed by atoms with E-state index in [1.807, 2.05) is 11.6 Å². The molecule has 0 aromatic carbocycles. The third-order valence-electron chi connectivity index (χ3n) is 16.4. The van der Waals surface area contributed by atoms with E-state index in [1.54, 1.807) is 19.9 Å². The first-order valence-electron chi connectivity index (χ1n) is 20.3. The number of esters is 1. The van der Waals surface area contributed by atoms with Gasteiger partial charge in [0.05, 0.1) is 18.0 Å². The smallest absolute Gasteiger partial charge is 0.309 e. The van der Waals surface area contributed by atoms with E-state index in [9.17, 15) is 23.9 Å². The van der Waals surface area contributed by atoms with Crippen molar-refractivity contribution in [1.82, 2.24) is 19.7 Å². The Balaban J connectivity index is 1.19. The van der Waals surface area contributed by atoms with Gasteiger partial charge in [0, 0.05) is 30.7 Å². The average molecular weight is 745 g/mol. The summed E-state index contributed by atoms with van der Waals surface area (Å²) in [7, 11) is 1.95. The second kappa shape index (κ2) is 12.8. The maximum atomic E-state index is 14.2. The predicted octanol–water partition coefficient (Wildman–Crippen LogP) is 8.95. The lowest BCUT2D eigenvalue weighted by Gasteiger charge is -2.72. The molecule has 0 saturated heterocycles. The number of carbonyl (C=O) groups excluding carboxylic acids is 2. The van der Waals surface area contributed by atoms with Crippen molar-refractivity contribution in [3.05, 3.63) is 41.1 Å². The molecular weight excluding hydrogens is 684 g/mol. The highest BCUT2D eigenvalue weighted by Crippen LogP contribution is 2.77. The predicted molar refractivity (Wildman–Crippen MR) is 203 cm³/mol. The molecule has 10 heteroatoms. The number of halogens is 1. The molecule has 0 radical (unpaired) electrons. The molecule has 4 fully saturated rings. The van der Waals surface area contributed by atoms with E-state index in [4.69, 9.17) is 4.74 Å². The first-order valence-corrected chi connectivity index (χ1v) is 20.3. The highest BCUT2D eigenvalue weighted by atomic mass is 19.1. The summed E-state index contributed by atoms with van der Waals surface area (Å²) in [5, 5.41) is 18.8. The van der Waals surface area contributed by atoms with Gasteiger partial charge in [-0.25, -0.2) is 9.37 Å². The van der Waals surface area contributed by atoms with Gasteiger partial charge in [0.1, 0.15) is 23.4 Å². The van der Waals surface area contributed by atoms with Crippen molar-refractivity contribution in [1.29, 1.82) is 0 Å². The number of hydrogen-bond acceptors (Lipinski definition) is 7. The van der Waals surface area contributed by atoms with Crippen LogP contribution in [0.3, 0.4) is 0 Å². The van der Waals surface area contributed by atoms with Crippen LogP contribution < -0.4 is 0 Å². The van der Waals surface area contributed by atoms with Crippen molar-refractivity contribution in [3.63, 3.8) is 0 Å². The first kappa shape index (κ1) is 38.8. The molecule has 2 aromatic rings. The van der Waals surface area contributed by atoms with Crippen molar-refractivity contribution >= 4 is 17.7 Å². The lowest BCUT2D eigenvalue weighted by molar-refractivity contribution is -0.233. The number of carboxylic acids is 1. The highest BCUT2D eigenvalue weighted by Gasteiger charge is 2.70. The lowest BCUT2D eigenvalue weighted by atomic mass is 9.33. The van der Waals surface area contributed by atoms with E-state index in [1.165, 1.54) is 17.8 Å². The largest absolute Gasteiger partial charge is 0.481 e. The number of aromatic nitrogens is 4. The molecule has 2 aromatic heterocycles. The summed E-state index contributed by atoms with van der Waals surface area (Å²) >= 11 is 0. The van der Waals surface area contributed by atoms with E-state index >= 15 is 0 Å². The number of Topliss-reactive ketones (excluding diaryl/α,β-unsaturated/α-hetero) is 1. The molecule has 0 bridgehead atoms. The first-order chi connectivity index (χ1) is 25.1. The number of fused-ring (bicyclic) bond motifs is 7. The third-order valence-corrected chi connectivity index (χ3v) is 16.4. The monoisotopic (exact) mass is 744 g/mol. The zero-order valence-corrected chi connectivity index (χ0v) is 34.1. The molecule has 0 aliphatic heterocycles. The van der Waals surface area contributed by atoms with E-state index in [2.05, 4.69) is 63.6 Å². The summed E-state index contributed by atoms with van der Waals surface area (Å²) in [5.41, 5.74) is 1.41. The molecule has 0 unspecified atom stereocenters. The van der Waals surface area contributed by atoms with Crippen LogP contribution in [0.4, 0.5) is 4.39 Å². The fraction of sp³-hybridized carbons (Fsp3) is 0.727. The molecule has 2 heterocycles. The van der Waals surface area contributed by atoms with Crippen LogP contribution in [0, 0.1) is 62.0 Å². The van der Waals surface area contributed by atoms with Crippen molar-refractivity contribution < 1.29 is 28.6 Å². The maximum Gasteiger partial charge on any atom is 0.309 e. The van der Waals surface area contributed by atoms with Crippen LogP contribution in [-0.4, -0.2) is 48.7 Å². The van der Waals surface area contributed by atoms with Crippen molar-refractivity contribution in [2.24, 2.45) is 63.2 Å². The minimum Gasteiger partial charge on any atom is -0.481 e. The van der Waals surface area contributed by atoms with Crippen LogP contribution in [-0.2, 0) is 32.6 Å². The van der Waals surface area contributed by atoms with E-state index in [0.717, 1.165) is 62.8 Å². The Morgan fingerprint density at radius 2 is 1.70 bits per heavy atom. The molecule has 1 N–H and O–H groups in total. The van der Waals surface area contributed by atoms with Crippen molar-refractivity contribution in [3.8, 4) is 11.5 Å². The van der Waals surface area contributed by atoms with Gasteiger partial charge in [0.2, 0.25) is 0 Å². The van der Waals surface area contributed by atoms with Crippen LogP contribution >= 0.6 is 0 Å². The van der Waals surface area contributed by atoms with Gasteiger partial charge in [-0.15, -0.1) is 10.2 Å². The van der Waals surface area contributed by atoms with Gasteiger partial charge in [0.25, 0.3) is 0 Å². The highest BCUT2D eigenvalue weighted by molar-refractivity contribution is 6.00. The summed E-state index contributed by atoms with van der Waals surface area (Å²) in [5.74, 6) is 1.18. The Bertz CT molecular complexity index is 1900. The Morgan fingerprint density at radius 1 is 0.981 bits per heavy atom.